The number of hydrogen-bond donors (Lipinski definition) is 3. The third kappa shape index (κ3) is 5.74. The number of fused-ring (bicyclic) bond motifs is 1. The first-order valence-corrected chi connectivity index (χ1v) is 12.6. The van der Waals surface area contributed by atoms with E-state index in [0.717, 1.165) is 5.69 Å². The SMILES string of the molecule is COc1ccc2ncc(Cl)c(C(O)CCC3(C(=O)NO)CCN(CC#Cc4cscn4)CC3)c2c1. The van der Waals surface area contributed by atoms with Gasteiger partial charge < -0.3 is 9.84 Å². The van der Waals surface area contributed by atoms with E-state index in [-0.39, 0.29) is 0 Å². The number of nitrogens with one attached hydrogen (secondary N) is 1. The zero-order valence-electron chi connectivity index (χ0n) is 19.3. The van der Waals surface area contributed by atoms with Gasteiger partial charge in [-0.1, -0.05) is 17.5 Å². The lowest BCUT2D eigenvalue weighted by Crippen LogP contribution is -2.48. The predicted molar refractivity (Wildman–Crippen MR) is 135 cm³/mol. The molecule has 1 aliphatic rings. The number of carbonyl (C=O) groups excluding carboxylic acids is 1. The van der Waals surface area contributed by atoms with Gasteiger partial charge in [0.15, 0.2) is 0 Å². The van der Waals surface area contributed by atoms with Crippen LogP contribution in [0, 0.1) is 17.3 Å². The summed E-state index contributed by atoms with van der Waals surface area (Å²) >= 11 is 7.94. The first-order chi connectivity index (χ1) is 17.0. The van der Waals surface area contributed by atoms with Crippen LogP contribution in [-0.2, 0) is 4.79 Å². The summed E-state index contributed by atoms with van der Waals surface area (Å²) in [5.74, 6) is 6.38. The van der Waals surface area contributed by atoms with Crippen molar-refractivity contribution < 1.29 is 19.8 Å². The quantitative estimate of drug-likeness (QED) is 0.250. The van der Waals surface area contributed by atoms with Crippen LogP contribution in [0.25, 0.3) is 10.9 Å². The molecule has 2 aromatic heterocycles. The molecule has 3 aromatic rings. The van der Waals surface area contributed by atoms with Gasteiger partial charge in [-0.25, -0.2) is 10.5 Å². The zero-order valence-corrected chi connectivity index (χ0v) is 20.9. The second-order valence-corrected chi connectivity index (χ2v) is 9.76. The van der Waals surface area contributed by atoms with E-state index in [4.69, 9.17) is 16.3 Å². The first kappa shape index (κ1) is 25.4. The number of thiazole rings is 1. The summed E-state index contributed by atoms with van der Waals surface area (Å²) in [6, 6.07) is 5.41. The first-order valence-electron chi connectivity index (χ1n) is 11.3. The van der Waals surface area contributed by atoms with Crippen LogP contribution >= 0.6 is 22.9 Å². The number of aliphatic hydroxyl groups is 1. The minimum absolute atomic E-state index is 0.299. The highest BCUT2D eigenvalue weighted by atomic mass is 35.5. The molecule has 0 bridgehead atoms. The van der Waals surface area contributed by atoms with E-state index in [0.29, 0.717) is 72.6 Å². The Hall–Kier alpha value is -2.74. The average Bonchev–Trinajstić information content (AvgIpc) is 3.40. The molecule has 1 aromatic carbocycles. The van der Waals surface area contributed by atoms with Crippen molar-refractivity contribution in [2.45, 2.75) is 31.8 Å². The highest BCUT2D eigenvalue weighted by molar-refractivity contribution is 7.07. The van der Waals surface area contributed by atoms with Crippen LogP contribution in [0.1, 0.15) is 43.0 Å². The number of halogens is 1. The van der Waals surface area contributed by atoms with Crippen LogP contribution < -0.4 is 10.2 Å². The minimum atomic E-state index is -0.912. The van der Waals surface area contributed by atoms with E-state index < -0.39 is 17.4 Å². The van der Waals surface area contributed by atoms with E-state index in [1.165, 1.54) is 17.5 Å². The number of hydrogen-bond acceptors (Lipinski definition) is 8. The normalized spacial score (nSPS) is 16.3. The maximum atomic E-state index is 12.7. The molecule has 1 saturated heterocycles. The maximum absolute atomic E-state index is 12.7. The molecule has 10 heteroatoms. The van der Waals surface area contributed by atoms with Crippen LogP contribution in [0.5, 0.6) is 5.75 Å². The molecule has 0 spiro atoms. The molecule has 3 N–H and O–H groups in total. The molecule has 1 fully saturated rings. The second-order valence-electron chi connectivity index (χ2n) is 8.63. The number of nitrogens with zero attached hydrogens (tertiary/aromatic N) is 3. The van der Waals surface area contributed by atoms with Crippen molar-refractivity contribution in [1.29, 1.82) is 0 Å². The number of ether oxygens (including phenoxy) is 1. The number of methoxy groups -OCH3 is 1. The van der Waals surface area contributed by atoms with Crippen LogP contribution in [0.15, 0.2) is 35.3 Å². The van der Waals surface area contributed by atoms with Crippen LogP contribution in [0.3, 0.4) is 0 Å². The third-order valence-corrected chi connectivity index (χ3v) is 7.53. The lowest BCUT2D eigenvalue weighted by Gasteiger charge is -2.40. The Labute approximate surface area is 212 Å². The molecule has 4 rings (SSSR count). The third-order valence-electron chi connectivity index (χ3n) is 6.65. The fourth-order valence-electron chi connectivity index (χ4n) is 4.56. The van der Waals surface area contributed by atoms with E-state index >= 15 is 0 Å². The van der Waals surface area contributed by atoms with Crippen molar-refractivity contribution >= 4 is 39.7 Å². The number of pyridine rings is 1. The van der Waals surface area contributed by atoms with Gasteiger partial charge in [0.1, 0.15) is 11.4 Å². The Balaban J connectivity index is 1.46. The minimum Gasteiger partial charge on any atom is -0.497 e. The number of rotatable bonds is 7. The van der Waals surface area contributed by atoms with Gasteiger partial charge >= 0.3 is 0 Å². The Morgan fingerprint density at radius 3 is 2.86 bits per heavy atom. The molecule has 0 radical (unpaired) electrons. The summed E-state index contributed by atoms with van der Waals surface area (Å²) in [6.07, 6.45) is 2.39. The van der Waals surface area contributed by atoms with E-state index in [9.17, 15) is 15.1 Å². The molecule has 0 saturated carbocycles. The number of hydroxylamine groups is 1. The molecule has 1 amide bonds. The summed E-state index contributed by atoms with van der Waals surface area (Å²) in [5, 5.41) is 23.5. The average molecular weight is 515 g/mol. The summed E-state index contributed by atoms with van der Waals surface area (Å²) in [4.78, 5) is 23.4. The van der Waals surface area contributed by atoms with E-state index in [1.54, 1.807) is 24.8 Å². The Bertz CT molecular complexity index is 1230. The van der Waals surface area contributed by atoms with E-state index in [1.807, 2.05) is 16.9 Å². The van der Waals surface area contributed by atoms with Crippen molar-refractivity contribution in [3.8, 4) is 17.6 Å². The van der Waals surface area contributed by atoms with Gasteiger partial charge in [0.25, 0.3) is 0 Å². The smallest absolute Gasteiger partial charge is 0.249 e. The van der Waals surface area contributed by atoms with Crippen molar-refractivity contribution in [2.75, 3.05) is 26.7 Å². The number of carbonyl (C=O) groups is 1. The van der Waals surface area contributed by atoms with Gasteiger partial charge in [-0.2, -0.15) is 0 Å². The van der Waals surface area contributed by atoms with Crippen LogP contribution in [-0.4, -0.2) is 57.8 Å². The largest absolute Gasteiger partial charge is 0.497 e. The van der Waals surface area contributed by atoms with Crippen molar-refractivity contribution in [3.63, 3.8) is 0 Å². The lowest BCUT2D eigenvalue weighted by molar-refractivity contribution is -0.143. The van der Waals surface area contributed by atoms with Gasteiger partial charge in [-0.15, -0.1) is 11.3 Å². The fraction of sp³-hybridized carbons (Fsp3) is 0.400. The summed E-state index contributed by atoms with van der Waals surface area (Å²) < 4.78 is 5.32. The lowest BCUT2D eigenvalue weighted by atomic mass is 9.73. The summed E-state index contributed by atoms with van der Waals surface area (Å²) in [7, 11) is 1.57. The number of piperidine rings is 1. The maximum Gasteiger partial charge on any atom is 0.249 e. The Morgan fingerprint density at radius 1 is 1.37 bits per heavy atom. The number of benzene rings is 1. The summed E-state index contributed by atoms with van der Waals surface area (Å²) in [6.45, 7) is 1.90. The standard InChI is InChI=1S/C25H27ClN4O4S/c1-34-18-4-5-21-19(13-18)23(20(26)14-27-21)22(31)6-7-25(24(32)29-33)8-11-30(12-9-25)10-2-3-17-15-35-16-28-17/h4-5,13-16,22,31,33H,6-12H2,1H3,(H,29,32). The number of aliphatic hydroxyl groups excluding tert-OH is 1. The van der Waals surface area contributed by atoms with Crippen LogP contribution in [0.4, 0.5) is 0 Å². The Morgan fingerprint density at radius 2 is 2.17 bits per heavy atom. The van der Waals surface area contributed by atoms with Crippen molar-refractivity contribution in [3.05, 3.63) is 51.6 Å². The summed E-state index contributed by atoms with van der Waals surface area (Å²) in [5.41, 5.74) is 4.82. The van der Waals surface area contributed by atoms with Gasteiger partial charge in [-0.3, -0.25) is 19.9 Å². The number of likely N-dealkylation sites (tertiary alicyclic amines) is 1. The predicted octanol–water partition coefficient (Wildman–Crippen LogP) is 3.81. The molecule has 1 unspecified atom stereocenters. The monoisotopic (exact) mass is 514 g/mol. The molecule has 1 atom stereocenters. The van der Waals surface area contributed by atoms with Crippen molar-refractivity contribution in [1.82, 2.24) is 20.3 Å². The highest BCUT2D eigenvalue weighted by Crippen LogP contribution is 2.41. The number of amides is 1. The molecule has 184 valence electrons. The molecule has 35 heavy (non-hydrogen) atoms. The zero-order chi connectivity index (χ0) is 24.8. The molecular weight excluding hydrogens is 488 g/mol. The van der Waals surface area contributed by atoms with Gasteiger partial charge in [-0.05, 0) is 49.8 Å². The molecule has 8 nitrogen and oxygen atoms in total. The highest BCUT2D eigenvalue weighted by Gasteiger charge is 2.41. The van der Waals surface area contributed by atoms with Crippen molar-refractivity contribution in [2.24, 2.45) is 5.41 Å². The Kier molecular flexibility index (Phi) is 8.21. The van der Waals surface area contributed by atoms with Crippen LogP contribution in [0.2, 0.25) is 5.02 Å². The fourth-order valence-corrected chi connectivity index (χ4v) is 5.32. The number of aromatic nitrogens is 2. The van der Waals surface area contributed by atoms with Gasteiger partial charge in [0.05, 0.1) is 41.2 Å². The molecule has 1 aliphatic heterocycles. The molecule has 0 aliphatic carbocycles. The van der Waals surface area contributed by atoms with E-state index in [2.05, 4.69) is 26.7 Å². The van der Waals surface area contributed by atoms with Gasteiger partial charge in [0.2, 0.25) is 5.91 Å². The molecule has 3 heterocycles. The van der Waals surface area contributed by atoms with Gasteiger partial charge in [0, 0.05) is 35.6 Å². The molecular formula is C25H27ClN4O4S. The topological polar surface area (TPSA) is 108 Å². The second kappa shape index (κ2) is 11.3.